The summed E-state index contributed by atoms with van der Waals surface area (Å²) < 4.78 is 33.4. The Morgan fingerprint density at radius 1 is 0.704 bits per heavy atom. The second-order valence-corrected chi connectivity index (χ2v) is 20.5. The first-order valence-electron chi connectivity index (χ1n) is 20.0. The topological polar surface area (TPSA) is 85.1 Å². The number of imidazole rings is 2. The molecule has 2 aliphatic carbocycles. The molecule has 2 heterocycles. The zero-order chi connectivity index (χ0) is 38.8. The van der Waals surface area contributed by atoms with Gasteiger partial charge in [-0.25, -0.2) is 18.4 Å². The maximum absolute atomic E-state index is 13.2. The van der Waals surface area contributed by atoms with Gasteiger partial charge in [-0.15, -0.1) is 0 Å². The third kappa shape index (κ3) is 9.01. The SMILES string of the molecule is CN(c1ccc2c(c1)nc(C(C)(C)C)n2CC1CCCCC1)S(=O)(=O)c1ccc(Br)cc1.CNc1ccc2c(c1)nc(C(C)(C)C)n2CC1CCCCC1. The largest absolute Gasteiger partial charge is 0.388 e. The number of hydrogen-bond acceptors (Lipinski definition) is 5. The average Bonchev–Trinajstić information content (AvgIpc) is 3.70. The summed E-state index contributed by atoms with van der Waals surface area (Å²) in [5, 5.41) is 3.22. The van der Waals surface area contributed by atoms with Crippen LogP contribution in [0.5, 0.6) is 0 Å². The van der Waals surface area contributed by atoms with E-state index in [0.29, 0.717) is 11.6 Å². The molecule has 292 valence electrons. The first-order valence-corrected chi connectivity index (χ1v) is 22.2. The Hall–Kier alpha value is -3.37. The molecule has 0 bridgehead atoms. The lowest BCUT2D eigenvalue weighted by Crippen LogP contribution is -2.26. The highest BCUT2D eigenvalue weighted by Crippen LogP contribution is 2.35. The minimum atomic E-state index is -3.65. The summed E-state index contributed by atoms with van der Waals surface area (Å²) in [6, 6.07) is 19.1. The van der Waals surface area contributed by atoms with E-state index < -0.39 is 10.0 Å². The molecule has 0 unspecified atom stereocenters. The molecule has 8 nitrogen and oxygen atoms in total. The molecule has 2 fully saturated rings. The molecule has 0 aliphatic heterocycles. The Bertz CT molecular complexity index is 2150. The lowest BCUT2D eigenvalue weighted by Gasteiger charge is -2.26. The number of rotatable bonds is 8. The Balaban J connectivity index is 0.000000197. The van der Waals surface area contributed by atoms with Crippen molar-refractivity contribution in [1.82, 2.24) is 19.1 Å². The first-order chi connectivity index (χ1) is 25.6. The zero-order valence-corrected chi connectivity index (χ0v) is 36.2. The summed E-state index contributed by atoms with van der Waals surface area (Å²) in [7, 11) is -0.0913. The fraction of sp³-hybridized carbons (Fsp3) is 0.545. The number of fused-ring (bicyclic) bond motifs is 2. The van der Waals surface area contributed by atoms with Crippen LogP contribution in [0.3, 0.4) is 0 Å². The molecule has 0 atom stereocenters. The second kappa shape index (κ2) is 16.4. The van der Waals surface area contributed by atoms with E-state index in [1.807, 2.05) is 25.2 Å². The van der Waals surface area contributed by atoms with Crippen LogP contribution in [-0.2, 0) is 33.9 Å². The molecule has 5 aromatic rings. The van der Waals surface area contributed by atoms with Gasteiger partial charge < -0.3 is 14.5 Å². The third-order valence-corrected chi connectivity index (χ3v) is 13.6. The van der Waals surface area contributed by atoms with Gasteiger partial charge in [0.2, 0.25) is 0 Å². The van der Waals surface area contributed by atoms with Crippen LogP contribution in [0.1, 0.15) is 117 Å². The van der Waals surface area contributed by atoms with Gasteiger partial charge in [0.25, 0.3) is 10.0 Å². The first kappa shape index (κ1) is 40.3. The maximum atomic E-state index is 13.2. The molecule has 7 rings (SSSR count). The van der Waals surface area contributed by atoms with Gasteiger partial charge >= 0.3 is 0 Å². The smallest absolute Gasteiger partial charge is 0.264 e. The van der Waals surface area contributed by atoms with Crippen LogP contribution in [0.25, 0.3) is 22.1 Å². The number of nitrogens with one attached hydrogen (secondary N) is 1. The van der Waals surface area contributed by atoms with E-state index in [1.54, 1.807) is 31.3 Å². The van der Waals surface area contributed by atoms with Crippen molar-refractivity contribution in [3.8, 4) is 0 Å². The van der Waals surface area contributed by atoms with Crippen molar-refractivity contribution in [1.29, 1.82) is 0 Å². The summed E-state index contributed by atoms with van der Waals surface area (Å²) in [6.07, 6.45) is 13.5. The van der Waals surface area contributed by atoms with Crippen LogP contribution >= 0.6 is 15.9 Å². The van der Waals surface area contributed by atoms with Gasteiger partial charge in [-0.3, -0.25) is 4.31 Å². The maximum Gasteiger partial charge on any atom is 0.264 e. The Labute approximate surface area is 332 Å². The van der Waals surface area contributed by atoms with Gasteiger partial charge in [0.15, 0.2) is 0 Å². The number of benzene rings is 3. The minimum absolute atomic E-state index is 0.0769. The van der Waals surface area contributed by atoms with Crippen LogP contribution in [0, 0.1) is 11.8 Å². The van der Waals surface area contributed by atoms with Crippen LogP contribution in [0.4, 0.5) is 11.4 Å². The highest BCUT2D eigenvalue weighted by molar-refractivity contribution is 9.10. The van der Waals surface area contributed by atoms with E-state index in [-0.39, 0.29) is 15.7 Å². The lowest BCUT2D eigenvalue weighted by atomic mass is 9.88. The Kier molecular flexibility index (Phi) is 12.2. The van der Waals surface area contributed by atoms with E-state index in [0.717, 1.165) is 51.5 Å². The monoisotopic (exact) mass is 816 g/mol. The van der Waals surface area contributed by atoms with Gasteiger partial charge in [0, 0.05) is 48.2 Å². The van der Waals surface area contributed by atoms with Crippen molar-refractivity contribution in [2.75, 3.05) is 23.7 Å². The van der Waals surface area contributed by atoms with Crippen LogP contribution in [0.2, 0.25) is 0 Å². The van der Waals surface area contributed by atoms with Crippen molar-refractivity contribution >= 4 is 59.4 Å². The van der Waals surface area contributed by atoms with Crippen molar-refractivity contribution in [3.05, 3.63) is 76.8 Å². The van der Waals surface area contributed by atoms with Crippen molar-refractivity contribution in [2.24, 2.45) is 11.8 Å². The number of anilines is 2. The molecule has 10 heteroatoms. The normalized spacial score (nSPS) is 16.4. The predicted molar refractivity (Wildman–Crippen MR) is 229 cm³/mol. The standard InChI is InChI=1S/C25H32BrN3O2S.C19H29N3/c1-25(2,3)24-27-22-16-20(28(4)32(30,31)21-13-10-19(26)11-14-21)12-15-23(22)29(24)17-18-8-6-5-7-9-18;1-19(2,3)18-21-16-12-15(20-4)10-11-17(16)22(18)13-14-8-6-5-7-9-14/h10-16,18H,5-9,17H2,1-4H3;10-12,14,20H,5-9,13H2,1-4H3. The van der Waals surface area contributed by atoms with E-state index in [2.05, 4.69) is 90.1 Å². The Morgan fingerprint density at radius 3 is 1.63 bits per heavy atom. The van der Waals surface area contributed by atoms with Crippen LogP contribution in [-0.4, -0.2) is 41.6 Å². The minimum Gasteiger partial charge on any atom is -0.388 e. The van der Waals surface area contributed by atoms with Gasteiger partial charge in [-0.05, 0) is 98.2 Å². The number of nitrogens with zero attached hydrogens (tertiary/aromatic N) is 5. The Morgan fingerprint density at radius 2 is 1.17 bits per heavy atom. The average molecular weight is 818 g/mol. The molecule has 54 heavy (non-hydrogen) atoms. The van der Waals surface area contributed by atoms with Gasteiger partial charge in [0.1, 0.15) is 11.6 Å². The van der Waals surface area contributed by atoms with Gasteiger partial charge in [-0.1, -0.05) is 96.0 Å². The fourth-order valence-corrected chi connectivity index (χ4v) is 9.73. The van der Waals surface area contributed by atoms with Gasteiger partial charge in [0.05, 0.1) is 32.6 Å². The molecule has 0 amide bonds. The summed E-state index contributed by atoms with van der Waals surface area (Å²) >= 11 is 3.36. The molecule has 0 saturated heterocycles. The van der Waals surface area contributed by atoms with E-state index >= 15 is 0 Å². The molecule has 3 aromatic carbocycles. The quantitative estimate of drug-likeness (QED) is 0.169. The number of aromatic nitrogens is 4. The molecule has 2 aliphatic rings. The highest BCUT2D eigenvalue weighted by atomic mass is 79.9. The summed E-state index contributed by atoms with van der Waals surface area (Å²) in [5.74, 6) is 3.79. The van der Waals surface area contributed by atoms with E-state index in [4.69, 9.17) is 9.97 Å². The molecule has 2 saturated carbocycles. The number of sulfonamides is 1. The number of hydrogen-bond donors (Lipinski definition) is 1. The molecule has 0 spiro atoms. The second-order valence-electron chi connectivity index (χ2n) is 17.7. The molecular weight excluding hydrogens is 756 g/mol. The molecule has 1 N–H and O–H groups in total. The lowest BCUT2D eigenvalue weighted by molar-refractivity contribution is 0.313. The van der Waals surface area contributed by atoms with Crippen molar-refractivity contribution < 1.29 is 8.42 Å². The highest BCUT2D eigenvalue weighted by Gasteiger charge is 2.28. The van der Waals surface area contributed by atoms with Crippen molar-refractivity contribution in [3.63, 3.8) is 0 Å². The van der Waals surface area contributed by atoms with E-state index in [9.17, 15) is 8.42 Å². The van der Waals surface area contributed by atoms with E-state index in [1.165, 1.54) is 79.9 Å². The zero-order valence-electron chi connectivity index (χ0n) is 33.8. The molecule has 2 aromatic heterocycles. The summed E-state index contributed by atoms with van der Waals surface area (Å²) in [4.78, 5) is 10.2. The molecule has 0 radical (unpaired) electrons. The predicted octanol–water partition coefficient (Wildman–Crippen LogP) is 11.5. The summed E-state index contributed by atoms with van der Waals surface area (Å²) in [5.41, 5.74) is 6.07. The summed E-state index contributed by atoms with van der Waals surface area (Å²) in [6.45, 7) is 15.5. The molecular formula is C44H61BrN6O2S. The van der Waals surface area contributed by atoms with Crippen molar-refractivity contribution in [2.45, 2.75) is 135 Å². The fourth-order valence-electron chi connectivity index (χ4n) is 8.27. The van der Waals surface area contributed by atoms with Crippen LogP contribution in [0.15, 0.2) is 70.0 Å². The number of halogens is 1. The third-order valence-electron chi connectivity index (χ3n) is 11.3. The van der Waals surface area contributed by atoms with Crippen LogP contribution < -0.4 is 9.62 Å². The van der Waals surface area contributed by atoms with Gasteiger partial charge in [-0.2, -0.15) is 0 Å².